The van der Waals surface area contributed by atoms with Crippen LogP contribution in [0.5, 0.6) is 0 Å². The zero-order valence-electron chi connectivity index (χ0n) is 11.7. The third kappa shape index (κ3) is 3.05. The lowest BCUT2D eigenvalue weighted by atomic mass is 10.1. The Kier molecular flexibility index (Phi) is 3.40. The maximum absolute atomic E-state index is 11.5. The number of sulfone groups is 1. The molecule has 0 saturated carbocycles. The Hall–Kier alpha value is -1.96. The lowest BCUT2D eigenvalue weighted by Gasteiger charge is -2.10. The van der Waals surface area contributed by atoms with E-state index in [1.165, 1.54) is 0 Å². The fourth-order valence-electron chi connectivity index (χ4n) is 2.74. The Morgan fingerprint density at radius 2 is 2.19 bits per heavy atom. The summed E-state index contributed by atoms with van der Waals surface area (Å²) in [5.41, 5.74) is 8.39. The fourth-order valence-corrected chi connectivity index (χ4v) is 4.59. The van der Waals surface area contributed by atoms with Gasteiger partial charge in [0.15, 0.2) is 15.7 Å². The molecule has 0 aliphatic carbocycles. The van der Waals surface area contributed by atoms with Gasteiger partial charge in [-0.2, -0.15) is 0 Å². The van der Waals surface area contributed by atoms with Gasteiger partial charge in [-0.25, -0.2) is 13.1 Å². The molecule has 2 heterocycles. The summed E-state index contributed by atoms with van der Waals surface area (Å²) in [5.74, 6) is 1.16. The molecule has 7 nitrogen and oxygen atoms in total. The molecule has 2 aromatic rings. The van der Waals surface area contributed by atoms with E-state index in [0.29, 0.717) is 24.5 Å². The zero-order valence-corrected chi connectivity index (χ0v) is 12.5. The van der Waals surface area contributed by atoms with Crippen LogP contribution in [0.4, 0.5) is 5.69 Å². The van der Waals surface area contributed by atoms with Crippen molar-refractivity contribution in [3.05, 3.63) is 23.8 Å². The number of hydrogen-bond acceptors (Lipinski definition) is 6. The molecule has 1 fully saturated rings. The molecule has 0 spiro atoms. The van der Waals surface area contributed by atoms with Crippen LogP contribution in [0.15, 0.2) is 18.2 Å². The SMILES string of the molecule is Cc1cc(N)cc(-c2nnnn2CC2CCS(=O)(=O)C2)c1. The molecule has 1 aliphatic heterocycles. The Balaban J connectivity index is 1.87. The van der Waals surface area contributed by atoms with Crippen molar-refractivity contribution in [1.29, 1.82) is 0 Å². The van der Waals surface area contributed by atoms with E-state index in [4.69, 9.17) is 5.73 Å². The van der Waals surface area contributed by atoms with Crippen molar-refractivity contribution in [3.8, 4) is 11.4 Å². The Labute approximate surface area is 123 Å². The fraction of sp³-hybridized carbons (Fsp3) is 0.462. The van der Waals surface area contributed by atoms with Gasteiger partial charge in [-0.05, 0) is 53.5 Å². The molecule has 1 atom stereocenters. The first-order valence-corrected chi connectivity index (χ1v) is 8.59. The minimum absolute atomic E-state index is 0.0689. The average molecular weight is 307 g/mol. The van der Waals surface area contributed by atoms with E-state index >= 15 is 0 Å². The number of rotatable bonds is 3. The van der Waals surface area contributed by atoms with Crippen LogP contribution >= 0.6 is 0 Å². The Bertz CT molecular complexity index is 748. The third-order valence-electron chi connectivity index (χ3n) is 3.65. The van der Waals surface area contributed by atoms with E-state index in [2.05, 4.69) is 15.5 Å². The van der Waals surface area contributed by atoms with Crippen LogP contribution in [0.3, 0.4) is 0 Å². The van der Waals surface area contributed by atoms with E-state index in [-0.39, 0.29) is 17.4 Å². The zero-order chi connectivity index (χ0) is 15.0. The van der Waals surface area contributed by atoms with Crippen molar-refractivity contribution >= 4 is 15.5 Å². The largest absolute Gasteiger partial charge is 0.399 e. The van der Waals surface area contributed by atoms with Crippen molar-refractivity contribution in [2.75, 3.05) is 17.2 Å². The molecule has 1 saturated heterocycles. The molecule has 1 aliphatic rings. The molecule has 1 aromatic carbocycles. The Morgan fingerprint density at radius 3 is 2.86 bits per heavy atom. The molecule has 1 aromatic heterocycles. The van der Waals surface area contributed by atoms with Gasteiger partial charge in [-0.3, -0.25) is 0 Å². The number of hydrogen-bond donors (Lipinski definition) is 1. The molecule has 112 valence electrons. The lowest BCUT2D eigenvalue weighted by Crippen LogP contribution is -2.14. The van der Waals surface area contributed by atoms with E-state index in [0.717, 1.165) is 11.1 Å². The summed E-state index contributed by atoms with van der Waals surface area (Å²) in [4.78, 5) is 0. The van der Waals surface area contributed by atoms with Crippen molar-refractivity contribution in [2.45, 2.75) is 19.9 Å². The minimum atomic E-state index is -2.89. The van der Waals surface area contributed by atoms with Gasteiger partial charge >= 0.3 is 0 Å². The molecule has 0 bridgehead atoms. The minimum Gasteiger partial charge on any atom is -0.399 e. The van der Waals surface area contributed by atoms with Crippen molar-refractivity contribution in [1.82, 2.24) is 20.2 Å². The standard InChI is InChI=1S/C13H17N5O2S/c1-9-4-11(6-12(14)5-9)13-15-16-17-18(13)7-10-2-3-21(19,20)8-10/h4-6,10H,2-3,7-8,14H2,1H3. The second kappa shape index (κ2) is 5.10. The highest BCUT2D eigenvalue weighted by molar-refractivity contribution is 7.91. The highest BCUT2D eigenvalue weighted by Gasteiger charge is 2.29. The van der Waals surface area contributed by atoms with Crippen LogP contribution in [0.1, 0.15) is 12.0 Å². The first kappa shape index (κ1) is 14.0. The molecule has 21 heavy (non-hydrogen) atoms. The molecule has 1 unspecified atom stereocenters. The number of nitrogen functional groups attached to an aromatic ring is 1. The highest BCUT2D eigenvalue weighted by Crippen LogP contribution is 2.24. The lowest BCUT2D eigenvalue weighted by molar-refractivity contribution is 0.452. The summed E-state index contributed by atoms with van der Waals surface area (Å²) in [5, 5.41) is 11.7. The highest BCUT2D eigenvalue weighted by atomic mass is 32.2. The number of aryl methyl sites for hydroxylation is 1. The van der Waals surface area contributed by atoms with Crippen molar-refractivity contribution < 1.29 is 8.42 Å². The van der Waals surface area contributed by atoms with E-state index < -0.39 is 9.84 Å². The molecule has 0 radical (unpaired) electrons. The van der Waals surface area contributed by atoms with Crippen LogP contribution in [0, 0.1) is 12.8 Å². The van der Waals surface area contributed by atoms with Gasteiger partial charge in [-0.1, -0.05) is 0 Å². The van der Waals surface area contributed by atoms with Crippen LogP contribution in [-0.4, -0.2) is 40.1 Å². The molecular weight excluding hydrogens is 290 g/mol. The van der Waals surface area contributed by atoms with Gasteiger partial charge < -0.3 is 5.73 Å². The quantitative estimate of drug-likeness (QED) is 0.836. The number of nitrogens with zero attached hydrogens (tertiary/aromatic N) is 4. The van der Waals surface area contributed by atoms with Gasteiger partial charge in [0.2, 0.25) is 0 Å². The second-order valence-electron chi connectivity index (χ2n) is 5.59. The Morgan fingerprint density at radius 1 is 1.38 bits per heavy atom. The predicted octanol–water partition coefficient (Wildman–Crippen LogP) is 0.665. The first-order chi connectivity index (χ1) is 9.93. The van der Waals surface area contributed by atoms with Crippen LogP contribution < -0.4 is 5.73 Å². The predicted molar refractivity (Wildman–Crippen MR) is 79.2 cm³/mol. The molecular formula is C13H17N5O2S. The maximum atomic E-state index is 11.5. The average Bonchev–Trinajstić information content (AvgIpc) is 2.95. The summed E-state index contributed by atoms with van der Waals surface area (Å²) in [6.45, 7) is 2.47. The molecule has 8 heteroatoms. The van der Waals surface area contributed by atoms with Crippen LogP contribution in [-0.2, 0) is 16.4 Å². The third-order valence-corrected chi connectivity index (χ3v) is 5.48. The summed E-state index contributed by atoms with van der Waals surface area (Å²) in [7, 11) is -2.89. The number of nitrogens with two attached hydrogens (primary N) is 1. The van der Waals surface area contributed by atoms with Crippen LogP contribution in [0.25, 0.3) is 11.4 Å². The van der Waals surface area contributed by atoms with Crippen molar-refractivity contribution in [2.24, 2.45) is 5.92 Å². The van der Waals surface area contributed by atoms with Gasteiger partial charge in [0.25, 0.3) is 0 Å². The summed E-state index contributed by atoms with van der Waals surface area (Å²) in [6, 6.07) is 5.66. The van der Waals surface area contributed by atoms with Crippen molar-refractivity contribution in [3.63, 3.8) is 0 Å². The smallest absolute Gasteiger partial charge is 0.182 e. The monoisotopic (exact) mass is 307 g/mol. The van der Waals surface area contributed by atoms with E-state index in [9.17, 15) is 8.42 Å². The number of tetrazole rings is 1. The summed E-state index contributed by atoms with van der Waals surface area (Å²) < 4.78 is 24.7. The van der Waals surface area contributed by atoms with Crippen LogP contribution in [0.2, 0.25) is 0 Å². The second-order valence-corrected chi connectivity index (χ2v) is 7.81. The summed E-state index contributed by atoms with van der Waals surface area (Å²) >= 11 is 0. The van der Waals surface area contributed by atoms with Gasteiger partial charge in [0, 0.05) is 17.8 Å². The topological polar surface area (TPSA) is 104 Å². The van der Waals surface area contributed by atoms with E-state index in [1.807, 2.05) is 25.1 Å². The molecule has 2 N–H and O–H groups in total. The van der Waals surface area contributed by atoms with E-state index in [1.54, 1.807) is 4.68 Å². The first-order valence-electron chi connectivity index (χ1n) is 6.77. The summed E-state index contributed by atoms with van der Waals surface area (Å²) in [6.07, 6.45) is 0.664. The normalized spacial score (nSPS) is 20.7. The molecule has 0 amide bonds. The number of benzene rings is 1. The van der Waals surface area contributed by atoms with Gasteiger partial charge in [0.05, 0.1) is 11.5 Å². The maximum Gasteiger partial charge on any atom is 0.182 e. The van der Waals surface area contributed by atoms with Gasteiger partial charge in [0.1, 0.15) is 0 Å². The van der Waals surface area contributed by atoms with Gasteiger partial charge in [-0.15, -0.1) is 5.10 Å². The number of aromatic nitrogens is 4. The number of anilines is 1. The molecule has 3 rings (SSSR count).